The van der Waals surface area contributed by atoms with Crippen molar-refractivity contribution in [1.29, 1.82) is 5.26 Å². The summed E-state index contributed by atoms with van der Waals surface area (Å²) in [6.07, 6.45) is 0.960. The second-order valence-corrected chi connectivity index (χ2v) is 11.3. The van der Waals surface area contributed by atoms with Crippen LogP contribution in [-0.4, -0.2) is 37.9 Å². The molecule has 6 saturated carbocycles. The van der Waals surface area contributed by atoms with Gasteiger partial charge >= 0.3 is 5.76 Å². The predicted molar refractivity (Wildman–Crippen MR) is 125 cm³/mol. The summed E-state index contributed by atoms with van der Waals surface area (Å²) in [5.74, 6) is 0.821. The van der Waals surface area contributed by atoms with Crippen LogP contribution in [0.25, 0.3) is 16.7 Å². The van der Waals surface area contributed by atoms with E-state index in [-0.39, 0.29) is 34.4 Å². The summed E-state index contributed by atoms with van der Waals surface area (Å²) in [5, 5.41) is 19.2. The predicted octanol–water partition coefficient (Wildman–Crippen LogP) is 1.22. The molecule has 0 atom stereocenters. The number of H-pyrrole nitrogens is 1. The van der Waals surface area contributed by atoms with Crippen molar-refractivity contribution in [3.05, 3.63) is 63.8 Å². The van der Waals surface area contributed by atoms with Crippen LogP contribution in [-0.2, 0) is 6.54 Å². The molecule has 6 fully saturated rings. The summed E-state index contributed by atoms with van der Waals surface area (Å²) in [7, 11) is 0. The third-order valence-corrected chi connectivity index (χ3v) is 10.4. The lowest BCUT2D eigenvalue weighted by molar-refractivity contribution is -0.639. The van der Waals surface area contributed by atoms with Crippen molar-refractivity contribution < 1.29 is 18.4 Å². The number of hydrogen-bond donors (Lipinski definition) is 3. The first kappa shape index (κ1) is 20.5. The number of fused-ring (bicyclic) bond motifs is 2. The Hall–Kier alpha value is -4.53. The summed E-state index contributed by atoms with van der Waals surface area (Å²) in [5.41, 5.74) is 1.37. The van der Waals surface area contributed by atoms with E-state index in [0.29, 0.717) is 58.7 Å². The standard InChI is InChI=1S/C26H18FN7O4/c27-10-6-31-34-13(23(36)30-8-26-18-15-19(26)17-20(26)16(18)25(15,17)7-28)4-12(32-21(10)34)22(35)29-5-9-1-2-14-11(3-9)33-24(37)38-14/h1-4,6,15-20H,5,8H2,(H,29,35)(H,30,36)(H,33,37). The second-order valence-electron chi connectivity index (χ2n) is 11.3. The molecule has 6 aliphatic carbocycles. The van der Waals surface area contributed by atoms with Crippen LogP contribution < -0.4 is 16.4 Å². The summed E-state index contributed by atoms with van der Waals surface area (Å²) in [6, 6.07) is 8.88. The first-order valence-electron chi connectivity index (χ1n) is 12.5. The van der Waals surface area contributed by atoms with Crippen LogP contribution in [0.15, 0.2) is 39.7 Å². The molecule has 3 N–H and O–H groups in total. The zero-order valence-corrected chi connectivity index (χ0v) is 19.6. The highest BCUT2D eigenvalue weighted by Crippen LogP contribution is 3.09. The number of nitriles is 1. The molecular weight excluding hydrogens is 493 g/mol. The van der Waals surface area contributed by atoms with Crippen LogP contribution in [0, 0.1) is 63.5 Å². The largest absolute Gasteiger partial charge is 0.417 e. The van der Waals surface area contributed by atoms with E-state index in [0.717, 1.165) is 10.7 Å². The Morgan fingerprint density at radius 3 is 2.63 bits per heavy atom. The van der Waals surface area contributed by atoms with E-state index < -0.39 is 23.4 Å². The molecule has 188 valence electrons. The Bertz CT molecular complexity index is 1840. The van der Waals surface area contributed by atoms with Gasteiger partial charge in [-0.05, 0) is 58.6 Å². The smallest absolute Gasteiger partial charge is 0.408 e. The quantitative estimate of drug-likeness (QED) is 0.351. The van der Waals surface area contributed by atoms with Crippen molar-refractivity contribution in [3.8, 4) is 6.07 Å². The summed E-state index contributed by atoms with van der Waals surface area (Å²) >= 11 is 0. The number of carbonyl (C=O) groups excluding carboxylic acids is 2. The first-order chi connectivity index (χ1) is 18.4. The molecule has 3 heterocycles. The molecule has 4 aromatic rings. The number of rotatable bonds is 6. The maximum atomic E-state index is 14.4. The molecule has 2 amide bonds. The van der Waals surface area contributed by atoms with Gasteiger partial charge in [-0.1, -0.05) is 6.07 Å². The molecule has 1 aromatic carbocycles. The van der Waals surface area contributed by atoms with Crippen LogP contribution in [0.1, 0.15) is 26.5 Å². The van der Waals surface area contributed by atoms with Gasteiger partial charge in [0.2, 0.25) is 0 Å². The molecule has 12 heteroatoms. The average molecular weight is 511 g/mol. The van der Waals surface area contributed by atoms with E-state index in [1.165, 1.54) is 6.07 Å². The number of halogens is 1. The highest BCUT2D eigenvalue weighted by atomic mass is 19.1. The number of carbonyl (C=O) groups is 2. The normalized spacial score (nSPS) is 35.7. The van der Waals surface area contributed by atoms with Gasteiger partial charge < -0.3 is 15.1 Å². The van der Waals surface area contributed by atoms with Gasteiger partial charge in [0.15, 0.2) is 17.0 Å². The number of nitrogens with zero attached hydrogens (tertiary/aromatic N) is 4. The van der Waals surface area contributed by atoms with Gasteiger partial charge in [0.25, 0.3) is 11.8 Å². The third-order valence-electron chi connectivity index (χ3n) is 10.4. The second kappa shape index (κ2) is 6.12. The zero-order chi connectivity index (χ0) is 25.7. The van der Waals surface area contributed by atoms with Gasteiger partial charge in [-0.3, -0.25) is 14.6 Å². The van der Waals surface area contributed by atoms with Gasteiger partial charge in [0.1, 0.15) is 11.4 Å². The van der Waals surface area contributed by atoms with Crippen LogP contribution in [0.2, 0.25) is 0 Å². The molecule has 0 radical (unpaired) electrons. The number of amides is 2. The van der Waals surface area contributed by atoms with Crippen molar-refractivity contribution in [3.63, 3.8) is 0 Å². The lowest BCUT2D eigenvalue weighted by Crippen LogP contribution is -3.10. The topological polar surface area (TPSA) is 158 Å². The molecule has 0 saturated heterocycles. The molecule has 0 unspecified atom stereocenters. The van der Waals surface area contributed by atoms with E-state index in [9.17, 15) is 24.0 Å². The maximum absolute atomic E-state index is 14.4. The molecule has 38 heavy (non-hydrogen) atoms. The van der Waals surface area contributed by atoms with Gasteiger partial charge in [-0.15, -0.1) is 0 Å². The Labute approximate surface area is 212 Å². The van der Waals surface area contributed by atoms with Crippen molar-refractivity contribution in [2.75, 3.05) is 6.54 Å². The minimum atomic E-state index is -0.744. The van der Waals surface area contributed by atoms with Crippen LogP contribution in [0.4, 0.5) is 4.39 Å². The SMILES string of the molecule is N#CC12C3C4C1C1C2C3C41CNC(=O)c1cc(C(=O)NCc2ccc3oc(=O)[nH]c3c2)nc2c(F)cnn12. The Balaban J connectivity index is 0.947. The highest BCUT2D eigenvalue weighted by Gasteiger charge is 3.10. The van der Waals surface area contributed by atoms with E-state index in [2.05, 4.69) is 31.8 Å². The molecule has 0 aliphatic heterocycles. The minimum absolute atomic E-state index is 0.0202. The molecule has 0 bridgehead atoms. The van der Waals surface area contributed by atoms with E-state index >= 15 is 0 Å². The summed E-state index contributed by atoms with van der Waals surface area (Å²) in [4.78, 5) is 44.2. The van der Waals surface area contributed by atoms with E-state index in [1.807, 2.05) is 0 Å². The molecule has 3 aromatic heterocycles. The van der Waals surface area contributed by atoms with Gasteiger partial charge in [0.05, 0.1) is 23.2 Å². The zero-order valence-electron chi connectivity index (χ0n) is 19.6. The molecule has 10 rings (SSSR count). The summed E-state index contributed by atoms with van der Waals surface area (Å²) < 4.78 is 20.5. The van der Waals surface area contributed by atoms with E-state index in [1.54, 1.807) is 18.2 Å². The van der Waals surface area contributed by atoms with Crippen molar-refractivity contribution in [1.82, 2.24) is 30.2 Å². The fourth-order valence-electron chi connectivity index (χ4n) is 9.25. The Morgan fingerprint density at radius 2 is 1.89 bits per heavy atom. The molecule has 11 nitrogen and oxygen atoms in total. The fourth-order valence-corrected chi connectivity index (χ4v) is 9.25. The number of benzene rings is 1. The van der Waals surface area contributed by atoms with Crippen LogP contribution in [0.5, 0.6) is 0 Å². The third kappa shape index (κ3) is 1.92. The number of nitrogens with one attached hydrogen (secondary N) is 3. The van der Waals surface area contributed by atoms with Crippen molar-refractivity contribution in [2.45, 2.75) is 6.54 Å². The van der Waals surface area contributed by atoms with Crippen LogP contribution in [0.3, 0.4) is 0 Å². The minimum Gasteiger partial charge on any atom is -0.408 e. The maximum Gasteiger partial charge on any atom is 0.417 e. The van der Waals surface area contributed by atoms with Gasteiger partial charge in [-0.25, -0.2) is 18.7 Å². The number of aromatic nitrogens is 4. The fraction of sp³-hybridized carbons (Fsp3) is 0.385. The van der Waals surface area contributed by atoms with Crippen molar-refractivity contribution >= 4 is 28.6 Å². The molecular formula is C26H18FN7O4. The van der Waals surface area contributed by atoms with Gasteiger partial charge in [-0.2, -0.15) is 10.4 Å². The van der Waals surface area contributed by atoms with Crippen LogP contribution >= 0.6 is 0 Å². The molecule has 0 spiro atoms. The Kier molecular flexibility index (Phi) is 3.31. The monoisotopic (exact) mass is 511 g/mol. The number of aromatic amines is 1. The number of hydrogen-bond acceptors (Lipinski definition) is 7. The lowest BCUT2D eigenvalue weighted by Gasteiger charge is -3.10. The highest BCUT2D eigenvalue weighted by molar-refractivity contribution is 5.98. The molecule has 6 aliphatic rings. The average Bonchev–Trinajstić information content (AvgIpc) is 3.50. The lowest BCUT2D eigenvalue weighted by atomic mass is 8.92. The first-order valence-corrected chi connectivity index (χ1v) is 12.5. The van der Waals surface area contributed by atoms with Crippen molar-refractivity contribution in [2.24, 2.45) is 46.3 Å². The Morgan fingerprint density at radius 1 is 1.13 bits per heavy atom. The number of oxazole rings is 1. The van der Waals surface area contributed by atoms with E-state index in [4.69, 9.17) is 4.42 Å². The summed E-state index contributed by atoms with van der Waals surface area (Å²) in [6.45, 7) is 0.628. The van der Waals surface area contributed by atoms with Gasteiger partial charge in [0, 0.05) is 19.2 Å².